The van der Waals surface area contributed by atoms with Gasteiger partial charge in [-0.15, -0.1) is 0 Å². The Morgan fingerprint density at radius 1 is 1.40 bits per heavy atom. The van der Waals surface area contributed by atoms with Gasteiger partial charge in [0.25, 0.3) is 0 Å². The van der Waals surface area contributed by atoms with Crippen LogP contribution in [0.2, 0.25) is 5.02 Å². The predicted octanol–water partition coefficient (Wildman–Crippen LogP) is 1.44. The largest absolute Gasteiger partial charge is 0.403 e. The lowest BCUT2D eigenvalue weighted by Crippen LogP contribution is -2.05. The fourth-order valence-electron chi connectivity index (χ4n) is 0.928. The van der Waals surface area contributed by atoms with E-state index >= 15 is 0 Å². The van der Waals surface area contributed by atoms with E-state index in [2.05, 4.69) is 0 Å². The molecule has 0 fully saturated rings. The number of halogens is 1. The molecule has 6 heteroatoms. The molecule has 1 rings (SSSR count). The molecule has 0 heterocycles. The van der Waals surface area contributed by atoms with Crippen molar-refractivity contribution in [3.05, 3.63) is 40.4 Å². The van der Waals surface area contributed by atoms with E-state index in [1.807, 2.05) is 0 Å². The molecule has 4 nitrogen and oxygen atoms in total. The Morgan fingerprint density at radius 2 is 1.93 bits per heavy atom. The summed E-state index contributed by atoms with van der Waals surface area (Å²) < 4.78 is 23.4. The van der Waals surface area contributed by atoms with Crippen LogP contribution in [0.15, 0.2) is 40.3 Å². The van der Waals surface area contributed by atoms with Gasteiger partial charge in [-0.1, -0.05) is 11.6 Å². The summed E-state index contributed by atoms with van der Waals surface area (Å²) in [6.45, 7) is 0. The number of nitriles is 1. The first-order chi connectivity index (χ1) is 7.02. The quantitative estimate of drug-likeness (QED) is 0.796. The summed E-state index contributed by atoms with van der Waals surface area (Å²) in [5, 5.41) is 8.99. The molecule has 0 bridgehead atoms. The normalized spacial score (nSPS) is 12.1. The molecule has 0 atom stereocenters. The van der Waals surface area contributed by atoms with E-state index in [1.54, 1.807) is 0 Å². The highest BCUT2D eigenvalue weighted by Crippen LogP contribution is 2.19. The standard InChI is InChI=1S/C9H7ClN2O2S/c10-7-1-3-8(4-2-7)15(13,14)9(5-11)6-12/h1-5H,11H2. The van der Waals surface area contributed by atoms with Crippen LogP contribution in [0.25, 0.3) is 0 Å². The second kappa shape index (κ2) is 4.34. The lowest BCUT2D eigenvalue weighted by atomic mass is 10.4. The van der Waals surface area contributed by atoms with Crippen LogP contribution < -0.4 is 5.73 Å². The number of rotatable bonds is 2. The Hall–Kier alpha value is -1.51. The zero-order valence-corrected chi connectivity index (χ0v) is 9.09. The summed E-state index contributed by atoms with van der Waals surface area (Å²) in [6, 6.07) is 7.02. The van der Waals surface area contributed by atoms with Gasteiger partial charge in [0.2, 0.25) is 9.84 Å². The van der Waals surface area contributed by atoms with Crippen molar-refractivity contribution in [2.24, 2.45) is 5.73 Å². The first-order valence-corrected chi connectivity index (χ1v) is 5.71. The summed E-state index contributed by atoms with van der Waals surface area (Å²) in [5.74, 6) is 0. The van der Waals surface area contributed by atoms with E-state index in [4.69, 9.17) is 22.6 Å². The van der Waals surface area contributed by atoms with Gasteiger partial charge in [-0.25, -0.2) is 8.42 Å². The SMILES string of the molecule is N#CC(=CN)S(=O)(=O)c1ccc(Cl)cc1. The van der Waals surface area contributed by atoms with Crippen molar-refractivity contribution in [3.8, 4) is 6.07 Å². The van der Waals surface area contributed by atoms with Crippen LogP contribution in [0, 0.1) is 11.3 Å². The molecule has 1 aromatic carbocycles. The van der Waals surface area contributed by atoms with Crippen LogP contribution in [-0.4, -0.2) is 8.42 Å². The molecular formula is C9H7ClN2O2S. The number of allylic oxidation sites excluding steroid dienone is 1. The minimum absolute atomic E-state index is 0.00912. The lowest BCUT2D eigenvalue weighted by Gasteiger charge is -2.01. The maximum absolute atomic E-state index is 11.7. The van der Waals surface area contributed by atoms with Gasteiger partial charge in [-0.05, 0) is 24.3 Å². The number of hydrogen-bond acceptors (Lipinski definition) is 4. The minimum Gasteiger partial charge on any atom is -0.403 e. The second-order valence-corrected chi connectivity index (χ2v) is 4.95. The smallest absolute Gasteiger partial charge is 0.218 e. The van der Waals surface area contributed by atoms with Gasteiger partial charge in [-0.2, -0.15) is 5.26 Å². The number of sulfone groups is 1. The van der Waals surface area contributed by atoms with Crippen molar-refractivity contribution in [2.45, 2.75) is 4.90 Å². The Morgan fingerprint density at radius 3 is 2.33 bits per heavy atom. The molecule has 0 unspecified atom stereocenters. The van der Waals surface area contributed by atoms with Crippen molar-refractivity contribution in [1.29, 1.82) is 5.26 Å². The monoisotopic (exact) mass is 242 g/mol. The average molecular weight is 243 g/mol. The fourth-order valence-corrected chi connectivity index (χ4v) is 2.10. The minimum atomic E-state index is -3.80. The topological polar surface area (TPSA) is 83.9 Å². The summed E-state index contributed by atoms with van der Waals surface area (Å²) in [7, 11) is -3.80. The van der Waals surface area contributed by atoms with Crippen molar-refractivity contribution in [1.82, 2.24) is 0 Å². The Labute approximate surface area is 92.5 Å². The Balaban J connectivity index is 3.31. The first kappa shape index (κ1) is 11.6. The lowest BCUT2D eigenvalue weighted by molar-refractivity contribution is 0.603. The number of hydrogen-bond donors (Lipinski definition) is 1. The van der Waals surface area contributed by atoms with E-state index in [0.717, 1.165) is 6.20 Å². The van der Waals surface area contributed by atoms with Gasteiger partial charge >= 0.3 is 0 Å². The second-order valence-electron chi connectivity index (χ2n) is 2.60. The molecule has 0 saturated carbocycles. The molecule has 0 aliphatic carbocycles. The molecule has 1 aromatic rings. The van der Waals surface area contributed by atoms with Crippen molar-refractivity contribution in [3.63, 3.8) is 0 Å². The van der Waals surface area contributed by atoms with Crippen LogP contribution in [0.1, 0.15) is 0 Å². The van der Waals surface area contributed by atoms with Crippen LogP contribution in [-0.2, 0) is 9.84 Å². The molecule has 0 aromatic heterocycles. The molecule has 15 heavy (non-hydrogen) atoms. The van der Waals surface area contributed by atoms with Crippen molar-refractivity contribution < 1.29 is 8.42 Å². The van der Waals surface area contributed by atoms with Gasteiger partial charge in [0, 0.05) is 11.2 Å². The number of nitrogens with two attached hydrogens (primary N) is 1. The van der Waals surface area contributed by atoms with Crippen molar-refractivity contribution in [2.75, 3.05) is 0 Å². The van der Waals surface area contributed by atoms with E-state index < -0.39 is 14.7 Å². The average Bonchev–Trinajstić information content (AvgIpc) is 2.19. The molecule has 2 N–H and O–H groups in total. The first-order valence-electron chi connectivity index (χ1n) is 3.85. The van der Waals surface area contributed by atoms with Gasteiger partial charge in [0.05, 0.1) is 4.90 Å². The summed E-state index contributed by atoms with van der Waals surface area (Å²) in [4.78, 5) is -0.491. The van der Waals surface area contributed by atoms with E-state index in [-0.39, 0.29) is 4.90 Å². The van der Waals surface area contributed by atoms with Gasteiger partial charge in [-0.3, -0.25) is 0 Å². The molecule has 0 saturated heterocycles. The predicted molar refractivity (Wildman–Crippen MR) is 56.5 cm³/mol. The van der Waals surface area contributed by atoms with Crippen LogP contribution in [0.5, 0.6) is 0 Å². The zero-order chi connectivity index (χ0) is 11.5. The summed E-state index contributed by atoms with van der Waals surface area (Å²) in [6.07, 6.45) is 0.768. The summed E-state index contributed by atoms with van der Waals surface area (Å²) >= 11 is 5.61. The summed E-state index contributed by atoms with van der Waals surface area (Å²) in [5.41, 5.74) is 5.05. The maximum atomic E-state index is 11.7. The Kier molecular flexibility index (Phi) is 3.35. The molecule has 0 spiro atoms. The number of benzene rings is 1. The highest BCUT2D eigenvalue weighted by atomic mass is 35.5. The van der Waals surface area contributed by atoms with Crippen molar-refractivity contribution >= 4 is 21.4 Å². The highest BCUT2D eigenvalue weighted by molar-refractivity contribution is 7.95. The third kappa shape index (κ3) is 2.29. The van der Waals surface area contributed by atoms with E-state index in [0.29, 0.717) is 5.02 Å². The Bertz CT molecular complexity index is 526. The van der Waals surface area contributed by atoms with Crippen LogP contribution in [0.4, 0.5) is 0 Å². The molecule has 0 amide bonds. The maximum Gasteiger partial charge on any atom is 0.218 e. The van der Waals surface area contributed by atoms with E-state index in [9.17, 15) is 8.42 Å². The van der Waals surface area contributed by atoms with Crippen LogP contribution in [0.3, 0.4) is 0 Å². The van der Waals surface area contributed by atoms with Crippen LogP contribution >= 0.6 is 11.6 Å². The molecular weight excluding hydrogens is 236 g/mol. The number of nitrogens with zero attached hydrogens (tertiary/aromatic N) is 1. The molecule has 0 aliphatic rings. The third-order valence-corrected chi connectivity index (χ3v) is 3.63. The van der Waals surface area contributed by atoms with Gasteiger partial charge < -0.3 is 5.73 Å². The third-order valence-electron chi connectivity index (χ3n) is 1.68. The fraction of sp³-hybridized carbons (Fsp3) is 0. The van der Waals surface area contributed by atoms with E-state index in [1.165, 1.54) is 30.3 Å². The molecule has 0 aliphatic heterocycles. The molecule has 78 valence electrons. The highest BCUT2D eigenvalue weighted by Gasteiger charge is 2.19. The van der Waals surface area contributed by atoms with Gasteiger partial charge in [0.1, 0.15) is 6.07 Å². The van der Waals surface area contributed by atoms with Gasteiger partial charge in [0.15, 0.2) is 4.91 Å². The zero-order valence-electron chi connectivity index (χ0n) is 7.51. The molecule has 0 radical (unpaired) electrons.